The number of sulfonamides is 1. The normalized spacial score (nSPS) is 23.1. The lowest BCUT2D eigenvalue weighted by molar-refractivity contribution is 0.356. The van der Waals surface area contributed by atoms with Crippen LogP contribution in [0.1, 0.15) is 18.1 Å². The molecule has 1 aromatic carbocycles. The van der Waals surface area contributed by atoms with Crippen molar-refractivity contribution in [2.24, 2.45) is 5.73 Å². The van der Waals surface area contributed by atoms with Gasteiger partial charge in [0.15, 0.2) is 9.84 Å². The molecule has 21 heavy (non-hydrogen) atoms. The van der Waals surface area contributed by atoms with E-state index in [2.05, 4.69) is 0 Å². The van der Waals surface area contributed by atoms with Gasteiger partial charge in [-0.05, 0) is 31.0 Å². The van der Waals surface area contributed by atoms with E-state index in [-0.39, 0.29) is 29.5 Å². The zero-order valence-corrected chi connectivity index (χ0v) is 13.7. The van der Waals surface area contributed by atoms with E-state index >= 15 is 0 Å². The van der Waals surface area contributed by atoms with Crippen molar-refractivity contribution in [2.45, 2.75) is 31.3 Å². The van der Waals surface area contributed by atoms with Gasteiger partial charge < -0.3 is 5.73 Å². The van der Waals surface area contributed by atoms with Gasteiger partial charge in [-0.2, -0.15) is 4.31 Å². The third kappa shape index (κ3) is 3.28. The summed E-state index contributed by atoms with van der Waals surface area (Å²) >= 11 is 0. The van der Waals surface area contributed by atoms with Gasteiger partial charge in [-0.25, -0.2) is 16.8 Å². The van der Waals surface area contributed by atoms with E-state index in [1.807, 2.05) is 0 Å². The molecule has 1 atom stereocenters. The number of rotatable bonds is 3. The van der Waals surface area contributed by atoms with Gasteiger partial charge in [0.2, 0.25) is 10.0 Å². The number of aryl methyl sites for hydroxylation is 1. The van der Waals surface area contributed by atoms with Crippen LogP contribution in [0.3, 0.4) is 0 Å². The molecule has 0 aromatic heterocycles. The third-order valence-electron chi connectivity index (χ3n) is 3.68. The van der Waals surface area contributed by atoms with Crippen LogP contribution in [0.25, 0.3) is 0 Å². The van der Waals surface area contributed by atoms with Gasteiger partial charge in [0.1, 0.15) is 0 Å². The van der Waals surface area contributed by atoms with Crippen molar-refractivity contribution in [1.82, 2.24) is 4.31 Å². The first-order valence-electron chi connectivity index (χ1n) is 6.69. The molecule has 1 unspecified atom stereocenters. The van der Waals surface area contributed by atoms with Crippen molar-refractivity contribution in [3.63, 3.8) is 0 Å². The molecule has 0 radical (unpaired) electrons. The Morgan fingerprint density at radius 3 is 2.62 bits per heavy atom. The summed E-state index contributed by atoms with van der Waals surface area (Å²) < 4.78 is 50.0. The van der Waals surface area contributed by atoms with Gasteiger partial charge in [-0.3, -0.25) is 0 Å². The molecule has 0 spiro atoms. The van der Waals surface area contributed by atoms with Crippen LogP contribution in [0.15, 0.2) is 23.1 Å². The lowest BCUT2D eigenvalue weighted by Crippen LogP contribution is -2.49. The van der Waals surface area contributed by atoms with Crippen molar-refractivity contribution in [1.29, 1.82) is 0 Å². The second kappa shape index (κ2) is 5.68. The first-order chi connectivity index (χ1) is 9.67. The fourth-order valence-electron chi connectivity index (χ4n) is 2.52. The van der Waals surface area contributed by atoms with Gasteiger partial charge in [0.25, 0.3) is 0 Å². The average molecular weight is 332 g/mol. The summed E-state index contributed by atoms with van der Waals surface area (Å²) in [5.74, 6) is -0.270. The van der Waals surface area contributed by atoms with E-state index in [9.17, 15) is 16.8 Å². The van der Waals surface area contributed by atoms with Gasteiger partial charge in [-0.15, -0.1) is 0 Å². The molecule has 1 saturated heterocycles. The van der Waals surface area contributed by atoms with Crippen molar-refractivity contribution in [2.75, 3.05) is 18.1 Å². The largest absolute Gasteiger partial charge is 0.326 e. The molecule has 0 saturated carbocycles. The van der Waals surface area contributed by atoms with E-state index in [1.54, 1.807) is 32.0 Å². The first-order valence-corrected chi connectivity index (χ1v) is 9.95. The molecule has 1 aliphatic heterocycles. The van der Waals surface area contributed by atoms with E-state index in [4.69, 9.17) is 5.73 Å². The Hall–Kier alpha value is -0.960. The molecule has 118 valence electrons. The second-order valence-electron chi connectivity index (χ2n) is 5.38. The number of nitrogens with zero attached hydrogens (tertiary/aromatic N) is 1. The number of benzene rings is 1. The summed E-state index contributed by atoms with van der Waals surface area (Å²) in [5.41, 5.74) is 6.93. The standard InChI is InChI=1S/C13H20N2O4S2/c1-10-3-4-12(8-14)7-13(10)21(18,19)15-5-6-20(16,17)9-11(15)2/h3-4,7,11H,5-6,8-9,14H2,1-2H3. The van der Waals surface area contributed by atoms with Crippen LogP contribution in [0.5, 0.6) is 0 Å². The third-order valence-corrected chi connectivity index (χ3v) is 7.63. The minimum Gasteiger partial charge on any atom is -0.326 e. The molecule has 1 aromatic rings. The van der Waals surface area contributed by atoms with E-state index in [0.717, 1.165) is 5.56 Å². The highest BCUT2D eigenvalue weighted by molar-refractivity contribution is 7.92. The molecule has 1 fully saturated rings. The Balaban J connectivity index is 2.43. The Morgan fingerprint density at radius 2 is 2.05 bits per heavy atom. The van der Waals surface area contributed by atoms with Crippen LogP contribution in [-0.2, 0) is 26.4 Å². The Bertz CT molecular complexity index is 741. The Kier molecular flexibility index (Phi) is 4.44. The lowest BCUT2D eigenvalue weighted by atomic mass is 10.1. The zero-order chi connectivity index (χ0) is 15.8. The van der Waals surface area contributed by atoms with Gasteiger partial charge in [-0.1, -0.05) is 12.1 Å². The summed E-state index contributed by atoms with van der Waals surface area (Å²) in [7, 11) is -6.87. The fourth-order valence-corrected chi connectivity index (χ4v) is 6.19. The maximum atomic E-state index is 12.8. The first kappa shape index (κ1) is 16.4. The molecule has 1 aliphatic rings. The molecule has 2 rings (SSSR count). The molecular weight excluding hydrogens is 312 g/mol. The molecule has 8 heteroatoms. The van der Waals surface area contributed by atoms with Crippen LogP contribution < -0.4 is 5.73 Å². The van der Waals surface area contributed by atoms with Crippen LogP contribution in [0.2, 0.25) is 0 Å². The van der Waals surface area contributed by atoms with Crippen molar-refractivity contribution in [3.8, 4) is 0 Å². The topological polar surface area (TPSA) is 97.5 Å². The molecule has 2 N–H and O–H groups in total. The molecule has 1 heterocycles. The summed E-state index contributed by atoms with van der Waals surface area (Å²) in [6, 6.07) is 4.52. The highest BCUT2D eigenvalue weighted by Crippen LogP contribution is 2.25. The quantitative estimate of drug-likeness (QED) is 0.856. The second-order valence-corrected chi connectivity index (χ2v) is 9.47. The van der Waals surface area contributed by atoms with Crippen LogP contribution in [0, 0.1) is 6.92 Å². The van der Waals surface area contributed by atoms with E-state index in [1.165, 1.54) is 4.31 Å². The SMILES string of the molecule is Cc1ccc(CN)cc1S(=O)(=O)N1CCS(=O)(=O)CC1C. The maximum Gasteiger partial charge on any atom is 0.243 e. The molecule has 6 nitrogen and oxygen atoms in total. The smallest absolute Gasteiger partial charge is 0.243 e. The number of sulfone groups is 1. The van der Waals surface area contributed by atoms with Gasteiger partial charge in [0, 0.05) is 19.1 Å². The number of nitrogens with two attached hydrogens (primary N) is 1. The minimum atomic E-state index is -3.71. The zero-order valence-electron chi connectivity index (χ0n) is 12.1. The van der Waals surface area contributed by atoms with Crippen LogP contribution >= 0.6 is 0 Å². The van der Waals surface area contributed by atoms with Gasteiger partial charge in [0.05, 0.1) is 16.4 Å². The summed E-state index contributed by atoms with van der Waals surface area (Å²) in [6.07, 6.45) is 0. The van der Waals surface area contributed by atoms with E-state index in [0.29, 0.717) is 5.56 Å². The Labute approximate surface area is 125 Å². The monoisotopic (exact) mass is 332 g/mol. The number of hydrogen-bond donors (Lipinski definition) is 1. The lowest BCUT2D eigenvalue weighted by Gasteiger charge is -2.32. The average Bonchev–Trinajstić information content (AvgIpc) is 2.37. The maximum absolute atomic E-state index is 12.8. The molecular formula is C13H20N2O4S2. The minimum absolute atomic E-state index is 0.00186. The molecule has 0 aliphatic carbocycles. The predicted molar refractivity (Wildman–Crippen MR) is 81.1 cm³/mol. The van der Waals surface area contributed by atoms with Crippen LogP contribution in [0.4, 0.5) is 0 Å². The number of hydrogen-bond acceptors (Lipinski definition) is 5. The van der Waals surface area contributed by atoms with Crippen LogP contribution in [-0.4, -0.2) is 45.2 Å². The highest BCUT2D eigenvalue weighted by Gasteiger charge is 2.37. The van der Waals surface area contributed by atoms with Crippen molar-refractivity contribution >= 4 is 19.9 Å². The van der Waals surface area contributed by atoms with E-state index < -0.39 is 25.9 Å². The summed E-state index contributed by atoms with van der Waals surface area (Å²) in [4.78, 5) is 0.205. The molecule has 0 amide bonds. The Morgan fingerprint density at radius 1 is 1.38 bits per heavy atom. The van der Waals surface area contributed by atoms with Crippen molar-refractivity contribution < 1.29 is 16.8 Å². The highest BCUT2D eigenvalue weighted by atomic mass is 32.2. The summed E-state index contributed by atoms with van der Waals surface area (Å²) in [6.45, 7) is 3.60. The fraction of sp³-hybridized carbons (Fsp3) is 0.538. The summed E-state index contributed by atoms with van der Waals surface area (Å²) in [5, 5.41) is 0. The van der Waals surface area contributed by atoms with Crippen molar-refractivity contribution in [3.05, 3.63) is 29.3 Å². The van der Waals surface area contributed by atoms with Gasteiger partial charge >= 0.3 is 0 Å². The predicted octanol–water partition coefficient (Wildman–Crippen LogP) is 0.261. The molecule has 0 bridgehead atoms.